The molecule has 0 saturated heterocycles. The Labute approximate surface area is 191 Å². The summed E-state index contributed by atoms with van der Waals surface area (Å²) < 4.78 is 17.8. The second-order valence-electron chi connectivity index (χ2n) is 7.51. The topological polar surface area (TPSA) is 99.9 Å². The minimum atomic E-state index is -0.359. The van der Waals surface area contributed by atoms with Crippen LogP contribution >= 0.6 is 0 Å². The third kappa shape index (κ3) is 4.22. The van der Waals surface area contributed by atoms with Crippen molar-refractivity contribution in [1.29, 1.82) is 0 Å². The van der Waals surface area contributed by atoms with Crippen molar-refractivity contribution >= 4 is 17.2 Å². The van der Waals surface area contributed by atoms with Crippen molar-refractivity contribution in [3.63, 3.8) is 0 Å². The molecule has 2 aromatic heterocycles. The summed E-state index contributed by atoms with van der Waals surface area (Å²) in [5.41, 5.74) is 5.28. The second kappa shape index (κ2) is 9.25. The third-order valence-corrected chi connectivity index (χ3v) is 5.32. The number of hydrogen-bond acceptors (Lipinski definition) is 7. The van der Waals surface area contributed by atoms with Crippen LogP contribution in [-0.4, -0.2) is 47.0 Å². The quantitative estimate of drug-likeness (QED) is 0.460. The SMILES string of the molecule is COCc1nn2c(C)c(C(=O)Nc3ccc(C)cc3)nnc2c1-c1ccc(OC)c(OC)c1. The molecule has 1 amide bonds. The Bertz CT molecular complexity index is 1310. The van der Waals surface area contributed by atoms with Crippen LogP contribution < -0.4 is 14.8 Å². The van der Waals surface area contributed by atoms with Crippen molar-refractivity contribution < 1.29 is 19.0 Å². The lowest BCUT2D eigenvalue weighted by Gasteiger charge is -2.10. The molecular formula is C24H25N5O4. The highest BCUT2D eigenvalue weighted by molar-refractivity contribution is 6.03. The van der Waals surface area contributed by atoms with Crippen LogP contribution in [0.4, 0.5) is 5.69 Å². The Hall–Kier alpha value is -3.98. The zero-order valence-electron chi connectivity index (χ0n) is 19.2. The number of fused-ring (bicyclic) bond motifs is 1. The fourth-order valence-electron chi connectivity index (χ4n) is 3.61. The summed E-state index contributed by atoms with van der Waals surface area (Å²) in [5, 5.41) is 16.1. The first-order valence-corrected chi connectivity index (χ1v) is 10.3. The van der Waals surface area contributed by atoms with Gasteiger partial charge in [-0.05, 0) is 43.7 Å². The number of hydrogen-bond donors (Lipinski definition) is 1. The molecule has 0 fully saturated rings. The van der Waals surface area contributed by atoms with Crippen molar-refractivity contribution in [2.24, 2.45) is 0 Å². The molecule has 0 aliphatic rings. The first kappa shape index (κ1) is 22.2. The lowest BCUT2D eigenvalue weighted by Crippen LogP contribution is -2.18. The van der Waals surface area contributed by atoms with Gasteiger partial charge in [0.15, 0.2) is 22.8 Å². The number of benzene rings is 2. The van der Waals surface area contributed by atoms with E-state index in [0.29, 0.717) is 34.2 Å². The number of ether oxygens (including phenoxy) is 3. The lowest BCUT2D eigenvalue weighted by molar-refractivity contribution is 0.102. The molecule has 0 aliphatic heterocycles. The van der Waals surface area contributed by atoms with Gasteiger partial charge in [-0.3, -0.25) is 4.79 Å². The monoisotopic (exact) mass is 447 g/mol. The molecule has 0 atom stereocenters. The molecule has 4 aromatic rings. The lowest BCUT2D eigenvalue weighted by atomic mass is 10.1. The normalized spacial score (nSPS) is 10.9. The number of carbonyl (C=O) groups excluding carboxylic acids is 1. The molecule has 9 heteroatoms. The molecule has 0 bridgehead atoms. The van der Waals surface area contributed by atoms with Crippen molar-refractivity contribution in [2.45, 2.75) is 20.5 Å². The van der Waals surface area contributed by atoms with Gasteiger partial charge in [-0.15, -0.1) is 10.2 Å². The third-order valence-electron chi connectivity index (χ3n) is 5.32. The summed E-state index contributed by atoms with van der Waals surface area (Å²) in [6.07, 6.45) is 0. The van der Waals surface area contributed by atoms with Gasteiger partial charge in [-0.1, -0.05) is 23.8 Å². The fourth-order valence-corrected chi connectivity index (χ4v) is 3.61. The van der Waals surface area contributed by atoms with Gasteiger partial charge in [0.05, 0.1) is 37.8 Å². The Morgan fingerprint density at radius 2 is 1.70 bits per heavy atom. The fraction of sp³-hybridized carbons (Fsp3) is 0.250. The van der Waals surface area contributed by atoms with Crippen molar-refractivity contribution in [3.8, 4) is 22.6 Å². The van der Waals surface area contributed by atoms with Gasteiger partial charge in [-0.2, -0.15) is 5.10 Å². The van der Waals surface area contributed by atoms with Crippen LogP contribution in [0.15, 0.2) is 42.5 Å². The number of nitrogens with zero attached hydrogens (tertiary/aromatic N) is 4. The van der Waals surface area contributed by atoms with E-state index < -0.39 is 0 Å². The van der Waals surface area contributed by atoms with Crippen molar-refractivity contribution in [1.82, 2.24) is 19.8 Å². The van der Waals surface area contributed by atoms with Crippen LogP contribution in [0.25, 0.3) is 16.8 Å². The van der Waals surface area contributed by atoms with Gasteiger partial charge in [0, 0.05) is 12.8 Å². The maximum atomic E-state index is 12.9. The van der Waals surface area contributed by atoms with E-state index in [1.54, 1.807) is 32.8 Å². The molecule has 1 N–H and O–H groups in total. The number of rotatable bonds is 7. The maximum absolute atomic E-state index is 12.9. The molecule has 0 spiro atoms. The van der Waals surface area contributed by atoms with Crippen LogP contribution in [0.3, 0.4) is 0 Å². The van der Waals surface area contributed by atoms with Gasteiger partial charge in [-0.25, -0.2) is 4.52 Å². The Morgan fingerprint density at radius 3 is 2.36 bits per heavy atom. The predicted octanol–water partition coefficient (Wildman–Crippen LogP) is 3.82. The molecule has 170 valence electrons. The highest BCUT2D eigenvalue weighted by atomic mass is 16.5. The van der Waals surface area contributed by atoms with E-state index in [4.69, 9.17) is 14.2 Å². The first-order valence-electron chi connectivity index (χ1n) is 10.3. The van der Waals surface area contributed by atoms with Crippen LogP contribution in [-0.2, 0) is 11.3 Å². The highest BCUT2D eigenvalue weighted by Gasteiger charge is 2.22. The first-order chi connectivity index (χ1) is 16.0. The van der Waals surface area contributed by atoms with Gasteiger partial charge in [0.2, 0.25) is 0 Å². The van der Waals surface area contributed by atoms with E-state index in [1.807, 2.05) is 49.4 Å². The summed E-state index contributed by atoms with van der Waals surface area (Å²) >= 11 is 0. The van der Waals surface area contributed by atoms with Gasteiger partial charge in [0.1, 0.15) is 0 Å². The largest absolute Gasteiger partial charge is 0.493 e. The molecule has 2 heterocycles. The Morgan fingerprint density at radius 1 is 0.970 bits per heavy atom. The van der Waals surface area contributed by atoms with E-state index in [-0.39, 0.29) is 18.2 Å². The van der Waals surface area contributed by atoms with E-state index >= 15 is 0 Å². The minimum absolute atomic E-state index is 0.188. The second-order valence-corrected chi connectivity index (χ2v) is 7.51. The predicted molar refractivity (Wildman–Crippen MR) is 124 cm³/mol. The summed E-state index contributed by atoms with van der Waals surface area (Å²) in [7, 11) is 4.76. The number of nitrogens with one attached hydrogen (secondary N) is 1. The number of aryl methyl sites for hydroxylation is 2. The number of methoxy groups -OCH3 is 3. The number of amides is 1. The average Bonchev–Trinajstić information content (AvgIpc) is 3.19. The van der Waals surface area contributed by atoms with Gasteiger partial charge >= 0.3 is 0 Å². The summed E-state index contributed by atoms with van der Waals surface area (Å²) in [5.74, 6) is 0.835. The van der Waals surface area contributed by atoms with Crippen LogP contribution in [0.5, 0.6) is 11.5 Å². The smallest absolute Gasteiger partial charge is 0.278 e. The van der Waals surface area contributed by atoms with E-state index in [0.717, 1.165) is 16.7 Å². The van der Waals surface area contributed by atoms with Crippen LogP contribution in [0.2, 0.25) is 0 Å². The summed E-state index contributed by atoms with van der Waals surface area (Å²) in [6, 6.07) is 13.1. The molecule has 33 heavy (non-hydrogen) atoms. The van der Waals surface area contributed by atoms with E-state index in [1.165, 1.54) is 0 Å². The van der Waals surface area contributed by atoms with E-state index in [9.17, 15) is 4.79 Å². The maximum Gasteiger partial charge on any atom is 0.278 e. The molecule has 4 rings (SSSR count). The molecule has 0 radical (unpaired) electrons. The minimum Gasteiger partial charge on any atom is -0.493 e. The molecular weight excluding hydrogens is 422 g/mol. The van der Waals surface area contributed by atoms with Gasteiger partial charge in [0.25, 0.3) is 5.91 Å². The Kier molecular flexibility index (Phi) is 6.23. The molecule has 2 aromatic carbocycles. The van der Waals surface area contributed by atoms with Crippen molar-refractivity contribution in [2.75, 3.05) is 26.6 Å². The summed E-state index contributed by atoms with van der Waals surface area (Å²) in [4.78, 5) is 12.9. The molecule has 0 unspecified atom stereocenters. The molecule has 0 aliphatic carbocycles. The summed E-state index contributed by atoms with van der Waals surface area (Å²) in [6.45, 7) is 4.03. The van der Waals surface area contributed by atoms with Crippen LogP contribution in [0, 0.1) is 13.8 Å². The standard InChI is InChI=1S/C24H25N5O4/c1-14-6-9-17(10-7-14)25-24(30)22-15(2)29-23(27-26-22)21(18(28-29)13-31-3)16-8-11-19(32-4)20(12-16)33-5/h6-12H,13H2,1-5H3,(H,25,30). The number of anilines is 1. The zero-order chi connectivity index (χ0) is 23.5. The van der Waals surface area contributed by atoms with E-state index in [2.05, 4.69) is 20.6 Å². The number of carbonyl (C=O) groups is 1. The molecule has 9 nitrogen and oxygen atoms in total. The number of aromatic nitrogens is 4. The highest BCUT2D eigenvalue weighted by Crippen LogP contribution is 2.35. The Balaban J connectivity index is 1.79. The average molecular weight is 447 g/mol. The van der Waals surface area contributed by atoms with Gasteiger partial charge < -0.3 is 19.5 Å². The van der Waals surface area contributed by atoms with Crippen molar-refractivity contribution in [3.05, 3.63) is 65.1 Å². The molecule has 0 saturated carbocycles. The zero-order valence-corrected chi connectivity index (χ0v) is 19.2. The van der Waals surface area contributed by atoms with Crippen LogP contribution in [0.1, 0.15) is 27.4 Å².